The molecule has 0 saturated carbocycles. The van der Waals surface area contributed by atoms with Gasteiger partial charge in [-0.05, 0) is 47.0 Å². The predicted octanol–water partition coefficient (Wildman–Crippen LogP) is 4.44. The molecule has 0 spiro atoms. The van der Waals surface area contributed by atoms with E-state index in [2.05, 4.69) is 49.9 Å². The third-order valence-electron chi connectivity index (χ3n) is 5.38. The minimum atomic E-state index is -0.129. The molecule has 0 aliphatic heterocycles. The Bertz CT molecular complexity index is 1410. The van der Waals surface area contributed by atoms with Gasteiger partial charge in [-0.15, -0.1) is 11.3 Å². The quantitative estimate of drug-likeness (QED) is 0.256. The van der Waals surface area contributed by atoms with Gasteiger partial charge in [0.15, 0.2) is 0 Å². The molecule has 0 atom stereocenters. The third-order valence-corrected chi connectivity index (χ3v) is 6.41. The maximum Gasteiger partial charge on any atom is 0.244 e. The Morgan fingerprint density at radius 1 is 1.31 bits per heavy atom. The van der Waals surface area contributed by atoms with E-state index >= 15 is 0 Å². The lowest BCUT2D eigenvalue weighted by Crippen LogP contribution is -2.22. The van der Waals surface area contributed by atoms with Crippen molar-refractivity contribution in [3.05, 3.63) is 72.4 Å². The number of aromatic nitrogens is 4. The molecule has 32 heavy (non-hydrogen) atoms. The number of hydrogen-bond donors (Lipinski definition) is 3. The molecule has 8 heteroatoms. The zero-order valence-electron chi connectivity index (χ0n) is 17.3. The molecule has 4 aromatic heterocycles. The van der Waals surface area contributed by atoms with Crippen molar-refractivity contribution in [2.45, 2.75) is 13.0 Å². The van der Waals surface area contributed by atoms with Crippen molar-refractivity contribution in [2.24, 2.45) is 0 Å². The van der Waals surface area contributed by atoms with E-state index in [-0.39, 0.29) is 5.91 Å². The van der Waals surface area contributed by atoms with Gasteiger partial charge in [-0.1, -0.05) is 6.07 Å². The topological polar surface area (TPSA) is 102 Å². The SMILES string of the molecule is Nc1ncc(C=CC(=O)NCCCn2ccnc2)c2scc(-c3ccc4[nH]ccc4c3)c12. The lowest BCUT2D eigenvalue weighted by atomic mass is 10.0. The van der Waals surface area contributed by atoms with Gasteiger partial charge in [0.1, 0.15) is 5.82 Å². The zero-order valence-corrected chi connectivity index (χ0v) is 18.1. The van der Waals surface area contributed by atoms with Crippen molar-refractivity contribution in [3.63, 3.8) is 0 Å². The van der Waals surface area contributed by atoms with Gasteiger partial charge < -0.3 is 20.6 Å². The molecule has 0 unspecified atom stereocenters. The van der Waals surface area contributed by atoms with E-state index in [9.17, 15) is 4.79 Å². The summed E-state index contributed by atoms with van der Waals surface area (Å²) in [5, 5.41) is 7.09. The number of hydrogen-bond acceptors (Lipinski definition) is 5. The number of thiophene rings is 1. The number of pyridine rings is 1. The minimum absolute atomic E-state index is 0.129. The summed E-state index contributed by atoms with van der Waals surface area (Å²) in [6.07, 6.45) is 13.3. The molecule has 4 N–H and O–H groups in total. The van der Waals surface area contributed by atoms with Gasteiger partial charge in [-0.25, -0.2) is 9.97 Å². The highest BCUT2D eigenvalue weighted by Crippen LogP contribution is 2.39. The molecule has 5 aromatic rings. The van der Waals surface area contributed by atoms with Gasteiger partial charge in [-0.2, -0.15) is 0 Å². The van der Waals surface area contributed by atoms with Crippen molar-refractivity contribution >= 4 is 50.1 Å². The fourth-order valence-electron chi connectivity index (χ4n) is 3.76. The lowest BCUT2D eigenvalue weighted by molar-refractivity contribution is -0.116. The maximum atomic E-state index is 12.2. The number of amides is 1. The van der Waals surface area contributed by atoms with Crippen LogP contribution in [0.3, 0.4) is 0 Å². The van der Waals surface area contributed by atoms with Crippen molar-refractivity contribution in [3.8, 4) is 11.1 Å². The normalized spacial score (nSPS) is 11.6. The Labute approximate surface area is 188 Å². The molecular weight excluding hydrogens is 420 g/mol. The number of fused-ring (bicyclic) bond motifs is 2. The number of anilines is 1. The van der Waals surface area contributed by atoms with Crippen LogP contribution in [0.1, 0.15) is 12.0 Å². The summed E-state index contributed by atoms with van der Waals surface area (Å²) in [5.41, 5.74) is 10.4. The molecule has 7 nitrogen and oxygen atoms in total. The Morgan fingerprint density at radius 2 is 2.25 bits per heavy atom. The smallest absolute Gasteiger partial charge is 0.244 e. The summed E-state index contributed by atoms with van der Waals surface area (Å²) >= 11 is 1.61. The summed E-state index contributed by atoms with van der Waals surface area (Å²) in [7, 11) is 0. The molecule has 1 amide bonds. The molecule has 0 bridgehead atoms. The highest BCUT2D eigenvalue weighted by molar-refractivity contribution is 7.18. The van der Waals surface area contributed by atoms with Crippen molar-refractivity contribution in [1.29, 1.82) is 0 Å². The first-order valence-corrected chi connectivity index (χ1v) is 11.2. The fourth-order valence-corrected chi connectivity index (χ4v) is 4.83. The number of rotatable bonds is 7. The van der Waals surface area contributed by atoms with Crippen molar-refractivity contribution < 1.29 is 4.79 Å². The molecular formula is C24H22N6OS. The molecule has 0 fully saturated rings. The third kappa shape index (κ3) is 4.00. The fraction of sp³-hybridized carbons (Fsp3) is 0.125. The van der Waals surface area contributed by atoms with Gasteiger partial charge in [0.25, 0.3) is 0 Å². The van der Waals surface area contributed by atoms with E-state index < -0.39 is 0 Å². The summed E-state index contributed by atoms with van der Waals surface area (Å²) < 4.78 is 3.01. The first-order valence-electron chi connectivity index (χ1n) is 10.3. The van der Waals surface area contributed by atoms with Gasteiger partial charge >= 0.3 is 0 Å². The number of nitrogens with zero attached hydrogens (tertiary/aromatic N) is 3. The van der Waals surface area contributed by atoms with E-state index in [0.717, 1.165) is 50.6 Å². The molecule has 1 aromatic carbocycles. The van der Waals surface area contributed by atoms with E-state index in [0.29, 0.717) is 12.4 Å². The van der Waals surface area contributed by atoms with Gasteiger partial charge in [0.05, 0.1) is 6.33 Å². The second kappa shape index (κ2) is 8.68. The van der Waals surface area contributed by atoms with Crippen LogP contribution in [0.15, 0.2) is 66.8 Å². The van der Waals surface area contributed by atoms with Crippen molar-refractivity contribution in [2.75, 3.05) is 12.3 Å². The number of aryl methyl sites for hydroxylation is 1. The Hall–Kier alpha value is -3.91. The second-order valence-electron chi connectivity index (χ2n) is 7.51. The standard InChI is InChI=1S/C24H22N6OS/c25-24-22-19(16-2-4-20-17(12-16)6-8-27-20)14-32-23(22)18(13-29-24)3-5-21(31)28-7-1-10-30-11-9-26-15-30/h2-6,8-9,11-15,27H,1,7,10H2,(H2,25,29)(H,28,31). The molecule has 0 saturated heterocycles. The molecule has 0 radical (unpaired) electrons. The Balaban J connectivity index is 1.33. The van der Waals surface area contributed by atoms with E-state index in [1.54, 1.807) is 42.2 Å². The Kier molecular flexibility index (Phi) is 5.43. The first kappa shape index (κ1) is 20.0. The summed E-state index contributed by atoms with van der Waals surface area (Å²) in [4.78, 5) is 23.9. The van der Waals surface area contributed by atoms with Crippen LogP contribution >= 0.6 is 11.3 Å². The molecule has 0 aliphatic rings. The highest BCUT2D eigenvalue weighted by Gasteiger charge is 2.14. The van der Waals surface area contributed by atoms with Crippen LogP contribution in [-0.2, 0) is 11.3 Å². The van der Waals surface area contributed by atoms with Crippen LogP contribution in [0.25, 0.3) is 38.2 Å². The molecule has 4 heterocycles. The number of nitrogens with two attached hydrogens (primary N) is 1. The number of H-pyrrole nitrogens is 1. The lowest BCUT2D eigenvalue weighted by Gasteiger charge is -2.05. The van der Waals surface area contributed by atoms with Gasteiger partial charge in [0.2, 0.25) is 5.91 Å². The monoisotopic (exact) mass is 442 g/mol. The highest BCUT2D eigenvalue weighted by atomic mass is 32.1. The van der Waals surface area contributed by atoms with Crippen molar-refractivity contribution in [1.82, 2.24) is 24.8 Å². The number of carbonyl (C=O) groups excluding carboxylic acids is 1. The largest absolute Gasteiger partial charge is 0.383 e. The van der Waals surface area contributed by atoms with Crippen LogP contribution in [-0.4, -0.2) is 32.0 Å². The minimum Gasteiger partial charge on any atom is -0.383 e. The molecule has 160 valence electrons. The van der Waals surface area contributed by atoms with Crippen LogP contribution in [0.5, 0.6) is 0 Å². The van der Waals surface area contributed by atoms with E-state index in [4.69, 9.17) is 5.73 Å². The number of carbonyl (C=O) groups is 1. The average Bonchev–Trinajstić information content (AvgIpc) is 3.56. The van der Waals surface area contributed by atoms with Crippen LogP contribution in [0.2, 0.25) is 0 Å². The number of benzene rings is 1. The van der Waals surface area contributed by atoms with Crippen LogP contribution < -0.4 is 11.1 Å². The number of imidazole rings is 1. The van der Waals surface area contributed by atoms with E-state index in [1.807, 2.05) is 17.0 Å². The van der Waals surface area contributed by atoms with Gasteiger partial charge in [-0.3, -0.25) is 4.79 Å². The summed E-state index contributed by atoms with van der Waals surface area (Å²) in [5.74, 6) is 0.363. The maximum absolute atomic E-state index is 12.2. The van der Waals surface area contributed by atoms with Crippen LogP contribution in [0.4, 0.5) is 5.82 Å². The van der Waals surface area contributed by atoms with E-state index in [1.165, 1.54) is 0 Å². The molecule has 0 aliphatic carbocycles. The Morgan fingerprint density at radius 3 is 3.12 bits per heavy atom. The van der Waals surface area contributed by atoms with Crippen LogP contribution in [0, 0.1) is 0 Å². The number of aromatic amines is 1. The molecule has 5 rings (SSSR count). The average molecular weight is 443 g/mol. The van der Waals surface area contributed by atoms with Gasteiger partial charge in [0, 0.05) is 70.7 Å². The number of nitrogen functional groups attached to an aromatic ring is 1. The predicted molar refractivity (Wildman–Crippen MR) is 130 cm³/mol. The summed E-state index contributed by atoms with van der Waals surface area (Å²) in [6.45, 7) is 1.42. The zero-order chi connectivity index (χ0) is 21.9. The number of nitrogens with one attached hydrogen (secondary N) is 2. The summed E-state index contributed by atoms with van der Waals surface area (Å²) in [6, 6.07) is 8.35. The first-order chi connectivity index (χ1) is 15.7. The second-order valence-corrected chi connectivity index (χ2v) is 8.39.